The molecule has 0 aromatic rings. The van der Waals surface area contributed by atoms with E-state index in [0.29, 0.717) is 12.4 Å². The summed E-state index contributed by atoms with van der Waals surface area (Å²) < 4.78 is 5.04. The van der Waals surface area contributed by atoms with E-state index in [9.17, 15) is 9.59 Å². The minimum absolute atomic E-state index is 0.0385. The summed E-state index contributed by atoms with van der Waals surface area (Å²) in [7, 11) is 0. The molecule has 0 spiro atoms. The first kappa shape index (κ1) is 12.6. The van der Waals surface area contributed by atoms with Gasteiger partial charge in [-0.05, 0) is 25.2 Å². The van der Waals surface area contributed by atoms with Gasteiger partial charge in [0.25, 0.3) is 0 Å². The van der Waals surface area contributed by atoms with E-state index in [2.05, 4.69) is 13.8 Å². The lowest BCUT2D eigenvalue weighted by Crippen LogP contribution is -2.20. The van der Waals surface area contributed by atoms with Crippen molar-refractivity contribution in [3.8, 4) is 0 Å². The summed E-state index contributed by atoms with van der Waals surface area (Å²) in [6.45, 7) is 6.43. The maximum atomic E-state index is 12.2. The monoisotopic (exact) mass is 238 g/mol. The molecule has 2 rings (SSSR count). The van der Waals surface area contributed by atoms with Crippen LogP contribution in [0.1, 0.15) is 46.5 Å². The second-order valence-electron chi connectivity index (χ2n) is 5.66. The number of rotatable bonds is 5. The highest BCUT2D eigenvalue weighted by Crippen LogP contribution is 2.68. The lowest BCUT2D eigenvalue weighted by Gasteiger charge is -2.15. The molecule has 0 saturated heterocycles. The van der Waals surface area contributed by atoms with Gasteiger partial charge >= 0.3 is 5.97 Å². The predicted octanol–water partition coefficient (Wildman–Crippen LogP) is 2.58. The molecule has 0 unspecified atom stereocenters. The molecule has 4 atom stereocenters. The summed E-state index contributed by atoms with van der Waals surface area (Å²) in [6, 6.07) is 0. The Hall–Kier alpha value is -0.860. The Bertz CT molecular complexity index is 336. The molecule has 3 nitrogen and oxygen atoms in total. The molecule has 2 aliphatic carbocycles. The van der Waals surface area contributed by atoms with E-state index in [1.165, 1.54) is 0 Å². The number of ether oxygens (including phenoxy) is 1. The molecular weight excluding hydrogens is 216 g/mol. The number of unbranched alkanes of at least 4 members (excludes halogenated alkanes) is 1. The Labute approximate surface area is 103 Å². The summed E-state index contributed by atoms with van der Waals surface area (Å²) in [4.78, 5) is 23.9. The van der Waals surface area contributed by atoms with E-state index < -0.39 is 0 Å². The number of carbonyl (C=O) groups is 2. The van der Waals surface area contributed by atoms with Crippen molar-refractivity contribution in [2.24, 2.45) is 23.2 Å². The van der Waals surface area contributed by atoms with E-state index in [0.717, 1.165) is 25.7 Å². The third-order valence-electron chi connectivity index (χ3n) is 4.49. The van der Waals surface area contributed by atoms with Crippen molar-refractivity contribution >= 4 is 11.8 Å². The van der Waals surface area contributed by atoms with E-state index in [4.69, 9.17) is 4.74 Å². The van der Waals surface area contributed by atoms with E-state index in [1.807, 2.05) is 6.92 Å². The lowest BCUT2D eigenvalue weighted by molar-refractivity contribution is -0.147. The van der Waals surface area contributed by atoms with Crippen LogP contribution in [0.15, 0.2) is 0 Å². The summed E-state index contributed by atoms with van der Waals surface area (Å²) in [5, 5.41) is 0. The van der Waals surface area contributed by atoms with Gasteiger partial charge in [0.05, 0.1) is 12.5 Å². The number of esters is 1. The van der Waals surface area contributed by atoms with Crippen molar-refractivity contribution in [3.05, 3.63) is 0 Å². The van der Waals surface area contributed by atoms with Crippen molar-refractivity contribution in [3.63, 3.8) is 0 Å². The summed E-state index contributed by atoms with van der Waals surface area (Å²) in [6.07, 6.45) is 4.13. The van der Waals surface area contributed by atoms with Crippen LogP contribution in [-0.4, -0.2) is 18.4 Å². The van der Waals surface area contributed by atoms with Crippen LogP contribution in [0, 0.1) is 23.2 Å². The van der Waals surface area contributed by atoms with E-state index in [-0.39, 0.29) is 29.1 Å². The maximum Gasteiger partial charge on any atom is 0.310 e. The fraction of sp³-hybridized carbons (Fsp3) is 0.857. The van der Waals surface area contributed by atoms with Gasteiger partial charge in [-0.1, -0.05) is 26.7 Å². The van der Waals surface area contributed by atoms with Crippen LogP contribution in [0.25, 0.3) is 0 Å². The molecule has 0 radical (unpaired) electrons. The Morgan fingerprint density at radius 1 is 1.47 bits per heavy atom. The van der Waals surface area contributed by atoms with Gasteiger partial charge in [-0.15, -0.1) is 0 Å². The molecule has 2 fully saturated rings. The second-order valence-corrected chi connectivity index (χ2v) is 5.66. The molecule has 0 aromatic heterocycles. The quantitative estimate of drug-likeness (QED) is 0.691. The predicted molar refractivity (Wildman–Crippen MR) is 64.4 cm³/mol. The Morgan fingerprint density at radius 3 is 2.65 bits per heavy atom. The fourth-order valence-corrected chi connectivity index (χ4v) is 3.53. The van der Waals surface area contributed by atoms with Crippen LogP contribution in [0.4, 0.5) is 0 Å². The first-order valence-corrected chi connectivity index (χ1v) is 6.76. The smallest absolute Gasteiger partial charge is 0.310 e. The van der Waals surface area contributed by atoms with Gasteiger partial charge in [-0.25, -0.2) is 0 Å². The van der Waals surface area contributed by atoms with Gasteiger partial charge < -0.3 is 4.74 Å². The highest BCUT2D eigenvalue weighted by Gasteiger charge is 2.73. The molecule has 3 heteroatoms. The van der Waals surface area contributed by atoms with Crippen molar-refractivity contribution in [1.82, 2.24) is 0 Å². The highest BCUT2D eigenvalue weighted by atomic mass is 16.5. The van der Waals surface area contributed by atoms with Crippen LogP contribution in [0.2, 0.25) is 0 Å². The van der Waals surface area contributed by atoms with Crippen LogP contribution in [0.3, 0.4) is 0 Å². The molecule has 0 aliphatic heterocycles. The van der Waals surface area contributed by atoms with Gasteiger partial charge in [0.15, 0.2) is 0 Å². The average Bonchev–Trinajstić information content (AvgIpc) is 2.81. The Kier molecular flexibility index (Phi) is 3.28. The van der Waals surface area contributed by atoms with E-state index >= 15 is 0 Å². The van der Waals surface area contributed by atoms with E-state index in [1.54, 1.807) is 0 Å². The van der Waals surface area contributed by atoms with Crippen LogP contribution in [0.5, 0.6) is 0 Å². The van der Waals surface area contributed by atoms with Gasteiger partial charge in [0.2, 0.25) is 0 Å². The molecule has 2 aliphatic rings. The van der Waals surface area contributed by atoms with Crippen molar-refractivity contribution < 1.29 is 14.3 Å². The molecular formula is C14H22O3. The minimum Gasteiger partial charge on any atom is -0.466 e. The largest absolute Gasteiger partial charge is 0.466 e. The number of hydrogen-bond donors (Lipinski definition) is 0. The van der Waals surface area contributed by atoms with Crippen LogP contribution < -0.4 is 0 Å². The molecule has 0 heterocycles. The topological polar surface area (TPSA) is 43.4 Å². The molecule has 96 valence electrons. The zero-order valence-corrected chi connectivity index (χ0v) is 11.0. The third kappa shape index (κ3) is 1.90. The highest BCUT2D eigenvalue weighted by molar-refractivity contribution is 5.97. The fourth-order valence-electron chi connectivity index (χ4n) is 3.53. The lowest BCUT2D eigenvalue weighted by atomic mass is 9.90. The second kappa shape index (κ2) is 4.43. The first-order chi connectivity index (χ1) is 8.06. The molecule has 0 N–H and O–H groups in total. The average molecular weight is 238 g/mol. The SMILES string of the molecule is CCCC[C@H]1C[C@@]2(C)[C@H](C(=O)OCC)[C@H]2C1=O. The molecule has 0 amide bonds. The first-order valence-electron chi connectivity index (χ1n) is 6.76. The molecule has 0 bridgehead atoms. The zero-order valence-electron chi connectivity index (χ0n) is 11.0. The maximum absolute atomic E-state index is 12.2. The Balaban J connectivity index is 1.96. The number of fused-ring (bicyclic) bond motifs is 1. The van der Waals surface area contributed by atoms with Gasteiger partial charge in [0, 0.05) is 11.8 Å². The van der Waals surface area contributed by atoms with Crippen molar-refractivity contribution in [2.45, 2.75) is 46.5 Å². The van der Waals surface area contributed by atoms with Crippen LogP contribution >= 0.6 is 0 Å². The zero-order chi connectivity index (χ0) is 12.6. The van der Waals surface area contributed by atoms with Gasteiger partial charge in [-0.2, -0.15) is 0 Å². The molecule has 17 heavy (non-hydrogen) atoms. The standard InChI is InChI=1S/C14H22O3/c1-4-6-7-9-8-14(3)10(12(9)15)11(14)13(16)17-5-2/h9-11H,4-8H2,1-3H3/t9-,10-,11-,14+/m0/s1. The van der Waals surface area contributed by atoms with Crippen molar-refractivity contribution in [2.75, 3.05) is 6.61 Å². The van der Waals surface area contributed by atoms with Crippen molar-refractivity contribution in [1.29, 1.82) is 0 Å². The molecule has 0 aromatic carbocycles. The third-order valence-corrected chi connectivity index (χ3v) is 4.49. The summed E-state index contributed by atoms with van der Waals surface area (Å²) >= 11 is 0. The summed E-state index contributed by atoms with van der Waals surface area (Å²) in [5.41, 5.74) is -0.0816. The Morgan fingerprint density at radius 2 is 2.18 bits per heavy atom. The summed E-state index contributed by atoms with van der Waals surface area (Å²) in [5.74, 6) is 0.174. The minimum atomic E-state index is -0.165. The van der Waals surface area contributed by atoms with Gasteiger partial charge in [0.1, 0.15) is 5.78 Å². The normalized spacial score (nSPS) is 39.0. The number of carbonyl (C=O) groups excluding carboxylic acids is 2. The number of ketones is 1. The molecule has 2 saturated carbocycles. The number of Topliss-reactive ketones (excluding diaryl/α,β-unsaturated/α-hetero) is 1. The van der Waals surface area contributed by atoms with Crippen LogP contribution in [-0.2, 0) is 14.3 Å². The van der Waals surface area contributed by atoms with Gasteiger partial charge in [-0.3, -0.25) is 9.59 Å². The number of hydrogen-bond acceptors (Lipinski definition) is 3.